The fourth-order valence-corrected chi connectivity index (χ4v) is 4.59. The Morgan fingerprint density at radius 2 is 1.67 bits per heavy atom. The molecule has 1 amide bonds. The summed E-state index contributed by atoms with van der Waals surface area (Å²) in [6, 6.07) is -15.0. The molecular formula is C37H40F4N4O2S. The van der Waals surface area contributed by atoms with E-state index in [1.807, 2.05) is 0 Å². The van der Waals surface area contributed by atoms with Crippen molar-refractivity contribution < 1.29 is 56.6 Å². The molecule has 0 aliphatic heterocycles. The van der Waals surface area contributed by atoms with Gasteiger partial charge >= 0.3 is 6.18 Å². The number of alkyl halides is 3. The van der Waals surface area contributed by atoms with Crippen LogP contribution < -0.4 is 5.56 Å². The van der Waals surface area contributed by atoms with Gasteiger partial charge in [-0.1, -0.05) is 73.9 Å². The summed E-state index contributed by atoms with van der Waals surface area (Å²) in [6.45, 7) is -11.2. The summed E-state index contributed by atoms with van der Waals surface area (Å²) in [5.74, 6) is -4.24. The number of hydrogen-bond acceptors (Lipinski definition) is 5. The van der Waals surface area contributed by atoms with Gasteiger partial charge in [0.05, 0.1) is 26.1 Å². The number of thioether (sulfide) groups is 1. The Hall–Kier alpha value is -3.96. The van der Waals surface area contributed by atoms with E-state index in [-0.39, 0.29) is 22.6 Å². The topological polar surface area (TPSA) is 58.4 Å². The first kappa shape index (κ1) is 15.3. The van der Waals surface area contributed by atoms with Crippen molar-refractivity contribution in [1.82, 2.24) is 19.4 Å². The number of fused-ring (bicyclic) bond motifs is 1. The smallest absolute Gasteiger partial charge is 0.336 e. The van der Waals surface area contributed by atoms with Crippen molar-refractivity contribution in [3.05, 3.63) is 116 Å². The Kier molecular flexibility index (Phi) is 4.94. The van der Waals surface area contributed by atoms with Crippen LogP contribution in [0, 0.1) is 12.7 Å². The first-order valence-corrected chi connectivity index (χ1v) is 14.6. The second kappa shape index (κ2) is 15.5. The minimum absolute atomic E-state index is 0.375. The standard InChI is InChI=1S/C37H40F4N4O2S/c1-4-43(5-2)19-20-44(22-26-9-13-28(14-10-26)29-15-18-32(25(3)21-29)37(39,40)41)34(46)23-45-33-8-6-7-31(33)35(47)42-36(45)48-24-27-11-16-30(38)17-12-27/h9-18,21H,4-8,19-20,22-24H2,1-3H3/i6D2,7D2,8D2,9D,10D,11D,12D,13D,14D,15D,16D,17D,18D,19D2,20D2,21D,23D2,24D2. The van der Waals surface area contributed by atoms with Crippen LogP contribution in [0.4, 0.5) is 17.6 Å². The predicted octanol–water partition coefficient (Wildman–Crippen LogP) is 7.53. The molecule has 11 heteroatoms. The van der Waals surface area contributed by atoms with Gasteiger partial charge in [0.15, 0.2) is 5.16 Å². The molecule has 5 rings (SSSR count). The highest BCUT2D eigenvalue weighted by Crippen LogP contribution is 2.34. The summed E-state index contributed by atoms with van der Waals surface area (Å²) in [5.41, 5.74) is -16.1. The van der Waals surface area contributed by atoms with Crippen LogP contribution in [0.25, 0.3) is 11.1 Å². The minimum atomic E-state index is -5.28. The largest absolute Gasteiger partial charge is 0.416 e. The lowest BCUT2D eigenvalue weighted by Crippen LogP contribution is -2.40. The molecule has 48 heavy (non-hydrogen) atoms. The van der Waals surface area contributed by atoms with E-state index in [9.17, 15) is 27.8 Å². The summed E-state index contributed by atoms with van der Waals surface area (Å²) in [4.78, 5) is 32.9. The molecule has 6 nitrogen and oxygen atoms in total. The number of aromatic nitrogens is 2. The van der Waals surface area contributed by atoms with Crippen LogP contribution in [0.1, 0.15) is 88.0 Å². The zero-order valence-electron chi connectivity index (χ0n) is 50.1. The lowest BCUT2D eigenvalue weighted by Gasteiger charge is -2.28. The normalized spacial score (nSPS) is 24.7. The SMILES string of the molecule is [2H]c1c([2H])c(C([2H])([2H])Sc2nc(=O)c3c(n2C([2H])([2H])C(=O)N(Cc2c([2H])c([2H])c(-c4c([2H])c([2H])c(C(F)(F)F)c(C)c4[2H])c([2H])c2[2H])C([2H])([2H])C([2H])([2H])N(CC)CC)C([2H])([2H])C([2H])([2H])C3([2H])[2H])c([2H])c([2H])c1F. The van der Waals surface area contributed by atoms with E-state index in [1.54, 1.807) is 0 Å². The van der Waals surface area contributed by atoms with Crippen molar-refractivity contribution in [3.8, 4) is 11.1 Å². The van der Waals surface area contributed by atoms with Crippen molar-refractivity contribution in [2.24, 2.45) is 0 Å². The number of rotatable bonds is 13. The third-order valence-corrected chi connectivity index (χ3v) is 7.12. The van der Waals surface area contributed by atoms with E-state index in [0.29, 0.717) is 0 Å². The van der Waals surface area contributed by atoms with E-state index in [4.69, 9.17) is 28.8 Å². The number of benzene rings is 3. The van der Waals surface area contributed by atoms with Crippen molar-refractivity contribution in [2.75, 3.05) is 26.1 Å². The summed E-state index contributed by atoms with van der Waals surface area (Å²) in [6.07, 6.45) is -17.0. The van der Waals surface area contributed by atoms with Gasteiger partial charge in [0.2, 0.25) is 5.91 Å². The van der Waals surface area contributed by atoms with Gasteiger partial charge in [-0.05, 0) is 85.1 Å². The Morgan fingerprint density at radius 3 is 2.33 bits per heavy atom. The molecule has 3 aromatic carbocycles. The molecular weight excluding hydrogens is 640 g/mol. The molecule has 1 aliphatic carbocycles. The molecule has 0 bridgehead atoms. The molecule has 0 saturated heterocycles. The van der Waals surface area contributed by atoms with E-state index in [2.05, 4.69) is 4.98 Å². The van der Waals surface area contributed by atoms with Crippen LogP contribution in [-0.2, 0) is 42.5 Å². The molecule has 0 radical (unpaired) electrons. The van der Waals surface area contributed by atoms with Gasteiger partial charge < -0.3 is 14.4 Å². The highest BCUT2D eigenvalue weighted by atomic mass is 32.2. The lowest BCUT2D eigenvalue weighted by molar-refractivity contribution is -0.138. The lowest BCUT2D eigenvalue weighted by atomic mass is 9.98. The predicted molar refractivity (Wildman–Crippen MR) is 181 cm³/mol. The molecule has 254 valence electrons. The molecule has 1 heterocycles. The number of hydrogen-bond donors (Lipinski definition) is 0. The van der Waals surface area contributed by atoms with Crippen LogP contribution in [0.3, 0.4) is 0 Å². The zero-order chi connectivity index (χ0) is 56.5. The van der Waals surface area contributed by atoms with Crippen LogP contribution >= 0.6 is 11.8 Å². The van der Waals surface area contributed by atoms with Crippen LogP contribution in [0.5, 0.6) is 0 Å². The van der Waals surface area contributed by atoms with E-state index >= 15 is 4.79 Å². The van der Waals surface area contributed by atoms with Crippen molar-refractivity contribution in [1.29, 1.82) is 0 Å². The molecule has 1 aliphatic rings. The average Bonchev–Trinajstić information content (AvgIpc) is 3.36. The number of halogens is 4. The Bertz CT molecular complexity index is 2950. The number of nitrogens with zero attached hydrogens (tertiary/aromatic N) is 4. The quantitative estimate of drug-likeness (QED) is 0.0819. The minimum Gasteiger partial charge on any atom is -0.336 e. The van der Waals surface area contributed by atoms with Crippen molar-refractivity contribution >= 4 is 17.7 Å². The monoisotopic (exact) mass is 705 g/mol. The summed E-state index contributed by atoms with van der Waals surface area (Å²) >= 11 is -0.600. The maximum Gasteiger partial charge on any atom is 0.416 e. The third-order valence-electron chi connectivity index (χ3n) is 6.36. The Balaban J connectivity index is 1.91. The van der Waals surface area contributed by atoms with Gasteiger partial charge in [-0.2, -0.15) is 18.2 Å². The van der Waals surface area contributed by atoms with Gasteiger partial charge in [-0.3, -0.25) is 9.59 Å². The fraction of sp³-hybridized carbons (Fsp3) is 0.378. The van der Waals surface area contributed by atoms with Gasteiger partial charge in [-0.25, -0.2) is 4.39 Å². The molecule has 0 unspecified atom stereocenters. The first-order chi connectivity index (χ1) is 32.8. The average molecular weight is 706 g/mol. The fourth-order valence-electron chi connectivity index (χ4n) is 3.94. The number of likely N-dealkylation sites (N-methyl/N-ethyl adjacent to an activating group) is 1. The summed E-state index contributed by atoms with van der Waals surface area (Å²) in [5, 5.41) is -1.59. The van der Waals surface area contributed by atoms with Gasteiger partial charge in [0.1, 0.15) is 12.3 Å². The third kappa shape index (κ3) is 8.54. The van der Waals surface area contributed by atoms with Crippen LogP contribution in [0.2, 0.25) is 0 Å². The molecule has 0 fully saturated rings. The summed E-state index contributed by atoms with van der Waals surface area (Å²) in [7, 11) is 0. The number of carbonyl (C=O) groups is 1. The molecule has 0 atom stereocenters. The Labute approximate surface area is 317 Å². The van der Waals surface area contributed by atoms with Crippen LogP contribution in [0.15, 0.2) is 76.4 Å². The number of carbonyl (C=O) groups excluding carboxylic acids is 1. The van der Waals surface area contributed by atoms with Crippen LogP contribution in [-0.4, -0.2) is 51.3 Å². The van der Waals surface area contributed by atoms with Crippen molar-refractivity contribution in [2.45, 2.75) is 70.0 Å². The maximum absolute atomic E-state index is 15.3. The molecule has 0 spiro atoms. The van der Waals surface area contributed by atoms with E-state index in [0.717, 1.165) is 11.8 Å². The van der Waals surface area contributed by atoms with Gasteiger partial charge in [0, 0.05) is 50.2 Å². The molecule has 0 saturated carbocycles. The maximum atomic E-state index is 15.3. The summed E-state index contributed by atoms with van der Waals surface area (Å²) < 4.78 is 273. The molecule has 0 N–H and O–H groups in total. The zero-order valence-corrected chi connectivity index (χ0v) is 26.0. The second-order valence-corrected chi connectivity index (χ2v) is 10.3. The molecule has 4 aromatic rings. The van der Waals surface area contributed by atoms with Gasteiger partial charge in [0.25, 0.3) is 5.56 Å². The molecule has 1 aromatic heterocycles. The first-order valence-electron chi connectivity index (χ1n) is 26.3. The Morgan fingerprint density at radius 1 is 1.00 bits per heavy atom. The van der Waals surface area contributed by atoms with E-state index < -0.39 is 202 Å². The number of amides is 1. The highest BCUT2D eigenvalue weighted by molar-refractivity contribution is 7.98. The highest BCUT2D eigenvalue weighted by Gasteiger charge is 2.32. The van der Waals surface area contributed by atoms with Gasteiger partial charge in [-0.15, -0.1) is 0 Å². The second-order valence-electron chi connectivity index (χ2n) is 9.53. The van der Waals surface area contributed by atoms with E-state index in [1.165, 1.54) is 13.8 Å². The van der Waals surface area contributed by atoms with Crippen molar-refractivity contribution in [3.63, 3.8) is 0 Å².